The molecule has 0 amide bonds. The summed E-state index contributed by atoms with van der Waals surface area (Å²) in [7, 11) is 0. The van der Waals surface area contributed by atoms with Crippen molar-refractivity contribution in [3.63, 3.8) is 0 Å². The van der Waals surface area contributed by atoms with Gasteiger partial charge < -0.3 is 4.74 Å². The van der Waals surface area contributed by atoms with E-state index >= 15 is 0 Å². The second-order valence-corrected chi connectivity index (χ2v) is 3.56. The molecule has 0 aliphatic rings. The van der Waals surface area contributed by atoms with Gasteiger partial charge in [0.25, 0.3) is 0 Å². The number of ether oxygens (including phenoxy) is 1. The van der Waals surface area contributed by atoms with Gasteiger partial charge in [0.1, 0.15) is 11.7 Å². The number of carbonyl (C=O) groups excluding carboxylic acids is 2. The van der Waals surface area contributed by atoms with Crippen LogP contribution < -0.4 is 0 Å². The van der Waals surface area contributed by atoms with Gasteiger partial charge >= 0.3 is 5.97 Å². The van der Waals surface area contributed by atoms with Gasteiger partial charge in [0.15, 0.2) is 5.78 Å². The van der Waals surface area contributed by atoms with Gasteiger partial charge in [-0.2, -0.15) is 0 Å². The number of ketones is 1. The lowest BCUT2D eigenvalue weighted by Gasteiger charge is -2.13. The van der Waals surface area contributed by atoms with Crippen molar-refractivity contribution < 1.29 is 18.7 Å². The van der Waals surface area contributed by atoms with Crippen LogP contribution in [-0.2, 0) is 14.3 Å². The number of benzene rings is 1. The van der Waals surface area contributed by atoms with E-state index in [1.54, 1.807) is 13.8 Å². The largest absolute Gasteiger partial charge is 0.465 e. The molecule has 1 aromatic rings. The van der Waals surface area contributed by atoms with Crippen molar-refractivity contribution >= 4 is 11.8 Å². The highest BCUT2D eigenvalue weighted by Gasteiger charge is 2.28. The van der Waals surface area contributed by atoms with E-state index in [0.29, 0.717) is 5.56 Å². The average molecular weight is 238 g/mol. The first-order valence-corrected chi connectivity index (χ1v) is 5.55. The van der Waals surface area contributed by atoms with Crippen LogP contribution in [0.4, 0.5) is 4.39 Å². The Morgan fingerprint density at radius 3 is 2.29 bits per heavy atom. The lowest BCUT2D eigenvalue weighted by molar-refractivity contribution is -0.147. The molecule has 0 saturated carbocycles. The molecular weight excluding hydrogens is 223 g/mol. The van der Waals surface area contributed by atoms with Gasteiger partial charge in [-0.25, -0.2) is 4.39 Å². The Bertz CT molecular complexity index is 398. The van der Waals surface area contributed by atoms with E-state index < -0.39 is 17.7 Å². The first-order chi connectivity index (χ1) is 8.10. The molecule has 3 nitrogen and oxygen atoms in total. The highest BCUT2D eigenvalue weighted by molar-refractivity contribution is 6.04. The third kappa shape index (κ3) is 3.37. The van der Waals surface area contributed by atoms with Crippen molar-refractivity contribution in [3.05, 3.63) is 35.6 Å². The van der Waals surface area contributed by atoms with Gasteiger partial charge in [-0.1, -0.05) is 19.1 Å². The van der Waals surface area contributed by atoms with Crippen LogP contribution in [0.1, 0.15) is 31.7 Å². The Morgan fingerprint density at radius 1 is 1.24 bits per heavy atom. The summed E-state index contributed by atoms with van der Waals surface area (Å²) in [5, 5.41) is 0. The maximum atomic E-state index is 12.8. The van der Waals surface area contributed by atoms with E-state index in [9.17, 15) is 14.0 Å². The first-order valence-electron chi connectivity index (χ1n) is 5.55. The second-order valence-electron chi connectivity index (χ2n) is 3.56. The zero-order chi connectivity index (χ0) is 12.8. The minimum Gasteiger partial charge on any atom is -0.465 e. The fourth-order valence-electron chi connectivity index (χ4n) is 1.54. The Kier molecular flexibility index (Phi) is 4.82. The van der Waals surface area contributed by atoms with Crippen molar-refractivity contribution in [2.75, 3.05) is 6.61 Å². The fourth-order valence-corrected chi connectivity index (χ4v) is 1.54. The molecule has 0 bridgehead atoms. The quantitative estimate of drug-likeness (QED) is 0.584. The van der Waals surface area contributed by atoms with E-state index in [-0.39, 0.29) is 18.8 Å². The molecule has 0 aliphatic heterocycles. The van der Waals surface area contributed by atoms with Crippen LogP contribution in [0.3, 0.4) is 0 Å². The molecule has 4 heteroatoms. The number of halogens is 1. The zero-order valence-electron chi connectivity index (χ0n) is 9.90. The van der Waals surface area contributed by atoms with Gasteiger partial charge in [0, 0.05) is 6.42 Å². The summed E-state index contributed by atoms with van der Waals surface area (Å²) < 4.78 is 17.6. The highest BCUT2D eigenvalue weighted by atomic mass is 19.1. The molecule has 0 unspecified atom stereocenters. The van der Waals surface area contributed by atoms with Crippen molar-refractivity contribution in [1.29, 1.82) is 0 Å². The minimum absolute atomic E-state index is 0.216. The van der Waals surface area contributed by atoms with Gasteiger partial charge in [-0.3, -0.25) is 9.59 Å². The Hall–Kier alpha value is -1.71. The maximum absolute atomic E-state index is 12.8. The normalized spacial score (nSPS) is 11.9. The summed E-state index contributed by atoms with van der Waals surface area (Å²) in [5.41, 5.74) is 0.469. The number of rotatable bonds is 5. The Labute approximate surface area is 99.6 Å². The molecule has 92 valence electrons. The van der Waals surface area contributed by atoms with Crippen molar-refractivity contribution in [2.24, 2.45) is 0 Å². The Morgan fingerprint density at radius 2 is 1.82 bits per heavy atom. The number of Topliss-reactive ketones (excluding diaryl/α,β-unsaturated/α-hetero) is 1. The summed E-state index contributed by atoms with van der Waals surface area (Å²) in [6.45, 7) is 3.57. The maximum Gasteiger partial charge on any atom is 0.321 e. The smallest absolute Gasteiger partial charge is 0.321 e. The summed E-state index contributed by atoms with van der Waals surface area (Å²) in [6, 6.07) is 5.32. The van der Waals surface area contributed by atoms with Crippen LogP contribution in [0.2, 0.25) is 0 Å². The molecule has 17 heavy (non-hydrogen) atoms. The summed E-state index contributed by atoms with van der Waals surface area (Å²) >= 11 is 0. The molecule has 0 spiro atoms. The van der Waals surface area contributed by atoms with E-state index in [4.69, 9.17) is 4.74 Å². The number of esters is 1. The van der Waals surface area contributed by atoms with Crippen molar-refractivity contribution in [3.8, 4) is 0 Å². The van der Waals surface area contributed by atoms with E-state index in [1.807, 2.05) is 0 Å². The molecule has 0 N–H and O–H groups in total. The van der Waals surface area contributed by atoms with Crippen LogP contribution in [0.15, 0.2) is 24.3 Å². The Balaban J connectivity index is 3.01. The molecule has 0 heterocycles. The topological polar surface area (TPSA) is 43.4 Å². The molecule has 0 radical (unpaired) electrons. The zero-order valence-corrected chi connectivity index (χ0v) is 9.90. The summed E-state index contributed by atoms with van der Waals surface area (Å²) in [4.78, 5) is 23.4. The third-order valence-corrected chi connectivity index (χ3v) is 2.40. The van der Waals surface area contributed by atoms with E-state index in [2.05, 4.69) is 0 Å². The first kappa shape index (κ1) is 13.4. The van der Waals surface area contributed by atoms with Crippen LogP contribution in [0.5, 0.6) is 0 Å². The molecule has 1 atom stereocenters. The van der Waals surface area contributed by atoms with Crippen LogP contribution in [-0.4, -0.2) is 18.4 Å². The molecule has 1 rings (SSSR count). The number of hydrogen-bond acceptors (Lipinski definition) is 3. The molecule has 0 fully saturated rings. The monoisotopic (exact) mass is 238 g/mol. The van der Waals surface area contributed by atoms with Gasteiger partial charge in [-0.05, 0) is 24.6 Å². The van der Waals surface area contributed by atoms with Gasteiger partial charge in [-0.15, -0.1) is 0 Å². The third-order valence-electron chi connectivity index (χ3n) is 2.40. The van der Waals surface area contributed by atoms with E-state index in [0.717, 1.165) is 0 Å². The predicted molar refractivity (Wildman–Crippen MR) is 61.1 cm³/mol. The highest BCUT2D eigenvalue weighted by Crippen LogP contribution is 2.20. The molecule has 0 aliphatic carbocycles. The fraction of sp³-hybridized carbons (Fsp3) is 0.385. The van der Waals surface area contributed by atoms with Crippen molar-refractivity contribution in [2.45, 2.75) is 26.2 Å². The minimum atomic E-state index is -0.944. The molecule has 0 saturated heterocycles. The molecule has 1 aromatic carbocycles. The lowest BCUT2D eigenvalue weighted by atomic mass is 9.93. The second kappa shape index (κ2) is 6.13. The van der Waals surface area contributed by atoms with E-state index in [1.165, 1.54) is 24.3 Å². The van der Waals surface area contributed by atoms with Crippen LogP contribution >= 0.6 is 0 Å². The summed E-state index contributed by atoms with van der Waals surface area (Å²) in [6.07, 6.45) is 0.237. The lowest BCUT2D eigenvalue weighted by Crippen LogP contribution is -2.23. The average Bonchev–Trinajstić information content (AvgIpc) is 2.32. The predicted octanol–water partition coefficient (Wildman–Crippen LogP) is 2.45. The number of carbonyl (C=O) groups is 2. The van der Waals surface area contributed by atoms with Gasteiger partial charge in [0.2, 0.25) is 0 Å². The standard InChI is InChI=1S/C13H15FO3/c1-3-11(15)12(13(16)17-4-2)9-5-7-10(14)8-6-9/h5-8,12H,3-4H2,1-2H3/t12-/m0/s1. The van der Waals surface area contributed by atoms with Crippen LogP contribution in [0.25, 0.3) is 0 Å². The van der Waals surface area contributed by atoms with Crippen LogP contribution in [0, 0.1) is 5.82 Å². The van der Waals surface area contributed by atoms with Gasteiger partial charge in [0.05, 0.1) is 6.61 Å². The molecule has 0 aromatic heterocycles. The summed E-state index contributed by atoms with van der Waals surface area (Å²) in [5.74, 6) is -2.15. The molecular formula is C13H15FO3. The van der Waals surface area contributed by atoms with Crippen molar-refractivity contribution in [1.82, 2.24) is 0 Å². The number of hydrogen-bond donors (Lipinski definition) is 0. The SMILES string of the molecule is CCOC(=O)[C@H](C(=O)CC)c1ccc(F)cc1.